The van der Waals surface area contributed by atoms with Gasteiger partial charge in [0.25, 0.3) is 0 Å². The molecule has 0 bridgehead atoms. The van der Waals surface area contributed by atoms with E-state index in [1.54, 1.807) is 30.4 Å². The summed E-state index contributed by atoms with van der Waals surface area (Å²) >= 11 is 1.64. The van der Waals surface area contributed by atoms with Crippen LogP contribution < -0.4 is 5.32 Å². The number of rotatable bonds is 8. The summed E-state index contributed by atoms with van der Waals surface area (Å²) in [6.07, 6.45) is 0.575. The molecule has 0 aliphatic heterocycles. The molecule has 2 heterocycles. The van der Waals surface area contributed by atoms with Gasteiger partial charge >= 0.3 is 0 Å². The van der Waals surface area contributed by atoms with Crippen LogP contribution in [0, 0.1) is 12.7 Å². The molecule has 3 rings (SSSR count). The average molecular weight is 402 g/mol. The van der Waals surface area contributed by atoms with Crippen LogP contribution in [-0.4, -0.2) is 41.6 Å². The lowest BCUT2D eigenvalue weighted by Crippen LogP contribution is -2.34. The first-order chi connectivity index (χ1) is 13.4. The first-order valence-electron chi connectivity index (χ1n) is 8.98. The van der Waals surface area contributed by atoms with Gasteiger partial charge in [-0.15, -0.1) is 0 Å². The van der Waals surface area contributed by atoms with E-state index in [4.69, 9.17) is 4.52 Å². The molecule has 1 atom stereocenters. The molecule has 2 aromatic heterocycles. The van der Waals surface area contributed by atoms with Crippen LogP contribution in [0.5, 0.6) is 0 Å². The lowest BCUT2D eigenvalue weighted by molar-refractivity contribution is -0.121. The van der Waals surface area contributed by atoms with Crippen molar-refractivity contribution in [1.82, 2.24) is 20.4 Å². The minimum Gasteiger partial charge on any atom is -0.354 e. The van der Waals surface area contributed by atoms with Crippen molar-refractivity contribution in [3.05, 3.63) is 57.9 Å². The molecule has 148 valence electrons. The number of hydrogen-bond acceptors (Lipinski definition) is 6. The van der Waals surface area contributed by atoms with E-state index in [1.807, 2.05) is 19.5 Å². The van der Waals surface area contributed by atoms with Crippen molar-refractivity contribution in [1.29, 1.82) is 0 Å². The van der Waals surface area contributed by atoms with E-state index in [9.17, 15) is 9.18 Å². The van der Waals surface area contributed by atoms with Gasteiger partial charge in [0.05, 0.1) is 6.04 Å². The Balaban J connectivity index is 1.52. The number of hydrogen-bond donors (Lipinski definition) is 1. The van der Waals surface area contributed by atoms with Gasteiger partial charge < -0.3 is 14.7 Å². The number of thiophene rings is 1. The quantitative estimate of drug-likeness (QED) is 0.623. The van der Waals surface area contributed by atoms with Crippen LogP contribution in [0.2, 0.25) is 0 Å². The molecule has 0 aliphatic rings. The molecule has 1 N–H and O–H groups in total. The fraction of sp³-hybridized carbons (Fsp3) is 0.350. The van der Waals surface area contributed by atoms with Gasteiger partial charge in [-0.25, -0.2) is 4.39 Å². The zero-order chi connectivity index (χ0) is 20.1. The Bertz CT molecular complexity index is 924. The van der Waals surface area contributed by atoms with E-state index >= 15 is 0 Å². The highest BCUT2D eigenvalue weighted by Gasteiger charge is 2.16. The van der Waals surface area contributed by atoms with Gasteiger partial charge in [0, 0.05) is 24.9 Å². The predicted molar refractivity (Wildman–Crippen MR) is 107 cm³/mol. The molecular formula is C20H23FN4O2S. The maximum absolute atomic E-state index is 13.7. The Morgan fingerprint density at radius 3 is 2.86 bits per heavy atom. The van der Waals surface area contributed by atoms with Crippen LogP contribution in [-0.2, 0) is 11.2 Å². The van der Waals surface area contributed by atoms with E-state index in [-0.39, 0.29) is 24.2 Å². The molecule has 0 saturated carbocycles. The standard InChI is InChI=1S/C20H23FN4O2S/c1-13-4-5-14(10-16(13)21)20-23-19(27-24-20)7-6-18(26)22-11-17(25(2)3)15-8-9-28-12-15/h4-5,8-10,12,17H,6-7,11H2,1-3H3,(H,22,26). The summed E-state index contributed by atoms with van der Waals surface area (Å²) in [7, 11) is 3.98. The molecule has 0 fully saturated rings. The summed E-state index contributed by atoms with van der Waals surface area (Å²) < 4.78 is 18.9. The molecule has 1 aromatic carbocycles. The number of nitrogens with one attached hydrogen (secondary N) is 1. The van der Waals surface area contributed by atoms with Gasteiger partial charge in [0.1, 0.15) is 5.82 Å². The Labute approximate surface area is 167 Å². The summed E-state index contributed by atoms with van der Waals surface area (Å²) in [5, 5.41) is 11.0. The third kappa shape index (κ3) is 5.02. The Hall–Kier alpha value is -2.58. The topological polar surface area (TPSA) is 71.3 Å². The normalized spacial score (nSPS) is 12.3. The van der Waals surface area contributed by atoms with Crippen LogP contribution in [0.3, 0.4) is 0 Å². The zero-order valence-corrected chi connectivity index (χ0v) is 16.9. The van der Waals surface area contributed by atoms with Crippen LogP contribution in [0.1, 0.15) is 29.5 Å². The molecule has 6 nitrogen and oxygen atoms in total. The molecule has 28 heavy (non-hydrogen) atoms. The SMILES string of the molecule is Cc1ccc(-c2noc(CCC(=O)NCC(c3ccsc3)N(C)C)n2)cc1F. The summed E-state index contributed by atoms with van der Waals surface area (Å²) in [5.41, 5.74) is 2.29. The second-order valence-electron chi connectivity index (χ2n) is 6.82. The number of aryl methyl sites for hydroxylation is 2. The average Bonchev–Trinajstić information content (AvgIpc) is 3.34. The smallest absolute Gasteiger partial charge is 0.227 e. The third-order valence-electron chi connectivity index (χ3n) is 4.51. The van der Waals surface area contributed by atoms with E-state index < -0.39 is 0 Å². The summed E-state index contributed by atoms with van der Waals surface area (Å²) in [6, 6.07) is 6.98. The molecule has 1 amide bonds. The molecule has 0 saturated heterocycles. The zero-order valence-electron chi connectivity index (χ0n) is 16.1. The largest absolute Gasteiger partial charge is 0.354 e. The van der Waals surface area contributed by atoms with Gasteiger partial charge in [0.15, 0.2) is 0 Å². The highest BCUT2D eigenvalue weighted by molar-refractivity contribution is 7.07. The van der Waals surface area contributed by atoms with Crippen molar-refractivity contribution in [3.8, 4) is 11.4 Å². The Kier molecular flexibility index (Phi) is 6.53. The van der Waals surface area contributed by atoms with E-state index in [0.717, 1.165) is 0 Å². The molecule has 0 aliphatic carbocycles. The molecular weight excluding hydrogens is 379 g/mol. The monoisotopic (exact) mass is 402 g/mol. The summed E-state index contributed by atoms with van der Waals surface area (Å²) in [5.74, 6) is 0.278. The number of benzene rings is 1. The van der Waals surface area contributed by atoms with E-state index in [1.165, 1.54) is 11.6 Å². The first-order valence-corrected chi connectivity index (χ1v) is 9.92. The van der Waals surface area contributed by atoms with Gasteiger partial charge in [-0.1, -0.05) is 17.3 Å². The second kappa shape index (κ2) is 9.07. The number of amides is 1. The minimum atomic E-state index is -0.315. The van der Waals surface area contributed by atoms with Crippen LogP contribution in [0.4, 0.5) is 4.39 Å². The number of nitrogens with zero attached hydrogens (tertiary/aromatic N) is 3. The molecule has 8 heteroatoms. The lowest BCUT2D eigenvalue weighted by Gasteiger charge is -2.23. The fourth-order valence-electron chi connectivity index (χ4n) is 2.79. The van der Waals surface area contributed by atoms with Crippen molar-refractivity contribution in [3.63, 3.8) is 0 Å². The number of aromatic nitrogens is 2. The van der Waals surface area contributed by atoms with Gasteiger partial charge in [-0.2, -0.15) is 16.3 Å². The van der Waals surface area contributed by atoms with Crippen molar-refractivity contribution in [2.45, 2.75) is 25.8 Å². The molecule has 0 radical (unpaired) electrons. The van der Waals surface area contributed by atoms with Gasteiger partial charge in [-0.3, -0.25) is 4.79 Å². The Morgan fingerprint density at radius 1 is 1.36 bits per heavy atom. The Morgan fingerprint density at radius 2 is 2.18 bits per heavy atom. The second-order valence-corrected chi connectivity index (χ2v) is 7.60. The van der Waals surface area contributed by atoms with E-state index in [2.05, 4.69) is 31.8 Å². The first kappa shape index (κ1) is 20.2. The third-order valence-corrected chi connectivity index (χ3v) is 5.21. The van der Waals surface area contributed by atoms with Crippen LogP contribution >= 0.6 is 11.3 Å². The minimum absolute atomic E-state index is 0.0804. The van der Waals surface area contributed by atoms with Gasteiger partial charge in [0.2, 0.25) is 17.6 Å². The number of carbonyl (C=O) groups excluding carboxylic acids is 1. The summed E-state index contributed by atoms with van der Waals surface area (Å²) in [4.78, 5) is 18.5. The molecule has 0 spiro atoms. The number of likely N-dealkylation sites (N-methyl/N-ethyl adjacent to an activating group) is 1. The van der Waals surface area contributed by atoms with Crippen LogP contribution in [0.15, 0.2) is 39.5 Å². The number of halogens is 1. The fourth-order valence-corrected chi connectivity index (χ4v) is 3.50. The van der Waals surface area contributed by atoms with Crippen molar-refractivity contribution in [2.75, 3.05) is 20.6 Å². The van der Waals surface area contributed by atoms with Crippen LogP contribution in [0.25, 0.3) is 11.4 Å². The maximum Gasteiger partial charge on any atom is 0.227 e. The van der Waals surface area contributed by atoms with Crippen molar-refractivity contribution >= 4 is 17.2 Å². The van der Waals surface area contributed by atoms with Crippen molar-refractivity contribution < 1.29 is 13.7 Å². The highest BCUT2D eigenvalue weighted by Crippen LogP contribution is 2.21. The van der Waals surface area contributed by atoms with Crippen molar-refractivity contribution in [2.24, 2.45) is 0 Å². The predicted octanol–water partition coefficient (Wildman–Crippen LogP) is 3.60. The van der Waals surface area contributed by atoms with Gasteiger partial charge in [-0.05, 0) is 55.0 Å². The van der Waals surface area contributed by atoms with E-state index in [0.29, 0.717) is 35.8 Å². The summed E-state index contributed by atoms with van der Waals surface area (Å²) in [6.45, 7) is 2.22. The highest BCUT2D eigenvalue weighted by atomic mass is 32.1. The maximum atomic E-state index is 13.7. The number of carbonyl (C=O) groups is 1. The molecule has 3 aromatic rings. The molecule has 1 unspecified atom stereocenters. The lowest BCUT2D eigenvalue weighted by atomic mass is 10.1.